The summed E-state index contributed by atoms with van der Waals surface area (Å²) >= 11 is 0. The maximum absolute atomic E-state index is 9.52. The van der Waals surface area contributed by atoms with E-state index < -0.39 is 0 Å². The number of benzene rings is 1. The van der Waals surface area contributed by atoms with E-state index in [1.165, 1.54) is 16.7 Å². The molecule has 1 saturated carbocycles. The van der Waals surface area contributed by atoms with Crippen LogP contribution >= 0.6 is 0 Å². The maximum Gasteiger partial charge on any atom is 0.0541 e. The average Bonchev–Trinajstić information content (AvgIpc) is 2.32. The van der Waals surface area contributed by atoms with Crippen molar-refractivity contribution in [1.29, 1.82) is 0 Å². The number of nitrogens with one attached hydrogen (secondary N) is 1. The smallest absolute Gasteiger partial charge is 0.0541 e. The zero-order valence-corrected chi connectivity index (χ0v) is 11.7. The van der Waals surface area contributed by atoms with Gasteiger partial charge in [-0.15, -0.1) is 0 Å². The Kier molecular flexibility index (Phi) is 4.41. The van der Waals surface area contributed by atoms with E-state index in [4.69, 9.17) is 0 Å². The van der Waals surface area contributed by atoms with Crippen LogP contribution in [0.3, 0.4) is 0 Å². The van der Waals surface area contributed by atoms with Gasteiger partial charge in [0.25, 0.3) is 0 Å². The van der Waals surface area contributed by atoms with Crippen molar-refractivity contribution in [2.75, 3.05) is 0 Å². The molecule has 0 saturated heterocycles. The molecule has 1 aliphatic rings. The molecular weight excluding hydrogens is 222 g/mol. The van der Waals surface area contributed by atoms with Gasteiger partial charge in [0.2, 0.25) is 0 Å². The van der Waals surface area contributed by atoms with Crippen LogP contribution in [0.2, 0.25) is 0 Å². The molecule has 2 rings (SSSR count). The second kappa shape index (κ2) is 5.85. The fraction of sp³-hybridized carbons (Fsp3) is 0.625. The summed E-state index contributed by atoms with van der Waals surface area (Å²) in [6.07, 6.45) is 4.00. The number of aliphatic hydroxyl groups is 1. The summed E-state index contributed by atoms with van der Waals surface area (Å²) in [5, 5.41) is 13.2. The summed E-state index contributed by atoms with van der Waals surface area (Å²) < 4.78 is 0. The van der Waals surface area contributed by atoms with Crippen LogP contribution in [0, 0.1) is 13.8 Å². The molecule has 100 valence electrons. The molecule has 1 atom stereocenters. The van der Waals surface area contributed by atoms with Gasteiger partial charge in [-0.25, -0.2) is 0 Å². The van der Waals surface area contributed by atoms with E-state index in [1.54, 1.807) is 0 Å². The molecule has 0 spiro atoms. The van der Waals surface area contributed by atoms with Crippen molar-refractivity contribution >= 4 is 0 Å². The molecule has 0 radical (unpaired) electrons. The summed E-state index contributed by atoms with van der Waals surface area (Å²) in [5.41, 5.74) is 4.09. The maximum atomic E-state index is 9.52. The summed E-state index contributed by atoms with van der Waals surface area (Å²) in [4.78, 5) is 0. The van der Waals surface area contributed by atoms with E-state index >= 15 is 0 Å². The van der Waals surface area contributed by atoms with Crippen LogP contribution < -0.4 is 5.32 Å². The Morgan fingerprint density at radius 3 is 2.44 bits per heavy atom. The van der Waals surface area contributed by atoms with Gasteiger partial charge < -0.3 is 10.4 Å². The Morgan fingerprint density at radius 2 is 1.83 bits per heavy atom. The van der Waals surface area contributed by atoms with Gasteiger partial charge in [0.15, 0.2) is 0 Å². The Morgan fingerprint density at radius 1 is 1.17 bits per heavy atom. The molecule has 0 bridgehead atoms. The lowest BCUT2D eigenvalue weighted by Gasteiger charge is -2.29. The first-order valence-corrected chi connectivity index (χ1v) is 7.07. The Hall–Kier alpha value is -0.860. The van der Waals surface area contributed by atoms with Crippen molar-refractivity contribution < 1.29 is 5.11 Å². The second-order valence-corrected chi connectivity index (χ2v) is 5.75. The molecule has 2 heteroatoms. The number of rotatable bonds is 3. The molecule has 2 nitrogen and oxygen atoms in total. The molecule has 0 aromatic heterocycles. The third kappa shape index (κ3) is 3.33. The molecule has 1 aliphatic carbocycles. The van der Waals surface area contributed by atoms with Gasteiger partial charge in [-0.05, 0) is 57.6 Å². The zero-order valence-electron chi connectivity index (χ0n) is 11.7. The van der Waals surface area contributed by atoms with Gasteiger partial charge in [0.1, 0.15) is 0 Å². The topological polar surface area (TPSA) is 32.3 Å². The summed E-state index contributed by atoms with van der Waals surface area (Å²) in [7, 11) is 0. The highest BCUT2D eigenvalue weighted by Crippen LogP contribution is 2.23. The fourth-order valence-corrected chi connectivity index (χ4v) is 3.00. The highest BCUT2D eigenvalue weighted by Gasteiger charge is 2.21. The van der Waals surface area contributed by atoms with E-state index in [0.717, 1.165) is 25.7 Å². The predicted octanol–water partition coefficient (Wildman–Crippen LogP) is 3.26. The Labute approximate surface area is 110 Å². The lowest BCUT2D eigenvalue weighted by Crippen LogP contribution is -2.36. The minimum absolute atomic E-state index is 0.0699. The van der Waals surface area contributed by atoms with Gasteiger partial charge in [-0.2, -0.15) is 0 Å². The van der Waals surface area contributed by atoms with E-state index in [2.05, 4.69) is 44.3 Å². The highest BCUT2D eigenvalue weighted by molar-refractivity contribution is 5.32. The van der Waals surface area contributed by atoms with Crippen LogP contribution in [-0.4, -0.2) is 17.3 Å². The van der Waals surface area contributed by atoms with Gasteiger partial charge in [0.05, 0.1) is 6.10 Å². The molecule has 18 heavy (non-hydrogen) atoms. The second-order valence-electron chi connectivity index (χ2n) is 5.75. The first kappa shape index (κ1) is 13.6. The molecule has 1 unspecified atom stereocenters. The molecule has 0 amide bonds. The molecule has 1 aromatic rings. The van der Waals surface area contributed by atoms with Crippen molar-refractivity contribution in [2.45, 2.75) is 64.6 Å². The van der Waals surface area contributed by atoms with Crippen LogP contribution in [-0.2, 0) is 0 Å². The largest absolute Gasteiger partial charge is 0.393 e. The lowest BCUT2D eigenvalue weighted by atomic mass is 9.91. The average molecular weight is 247 g/mol. The van der Waals surface area contributed by atoms with Gasteiger partial charge in [-0.1, -0.05) is 23.8 Å². The van der Waals surface area contributed by atoms with Gasteiger partial charge in [-0.3, -0.25) is 0 Å². The van der Waals surface area contributed by atoms with Crippen LogP contribution in [0.5, 0.6) is 0 Å². The van der Waals surface area contributed by atoms with Crippen LogP contribution in [0.4, 0.5) is 0 Å². The lowest BCUT2D eigenvalue weighted by molar-refractivity contribution is 0.114. The quantitative estimate of drug-likeness (QED) is 0.859. The van der Waals surface area contributed by atoms with E-state index in [-0.39, 0.29) is 6.10 Å². The predicted molar refractivity (Wildman–Crippen MR) is 75.7 cm³/mol. The normalized spacial score (nSPS) is 26.0. The van der Waals surface area contributed by atoms with E-state index in [1.807, 2.05) is 0 Å². The highest BCUT2D eigenvalue weighted by atomic mass is 16.3. The fourth-order valence-electron chi connectivity index (χ4n) is 3.00. The number of hydrogen-bond donors (Lipinski definition) is 2. The van der Waals surface area contributed by atoms with E-state index in [9.17, 15) is 5.11 Å². The molecule has 0 aliphatic heterocycles. The zero-order chi connectivity index (χ0) is 13.1. The number of aliphatic hydroxyl groups excluding tert-OH is 1. The molecule has 2 N–H and O–H groups in total. The van der Waals surface area contributed by atoms with Crippen molar-refractivity contribution in [3.8, 4) is 0 Å². The van der Waals surface area contributed by atoms with Crippen molar-refractivity contribution in [3.05, 3.63) is 34.9 Å². The molecular formula is C16H25NO. The van der Waals surface area contributed by atoms with Gasteiger partial charge >= 0.3 is 0 Å². The Bertz CT molecular complexity index is 394. The monoisotopic (exact) mass is 247 g/mol. The summed E-state index contributed by atoms with van der Waals surface area (Å²) in [6.45, 7) is 6.56. The van der Waals surface area contributed by atoms with Crippen LogP contribution in [0.15, 0.2) is 18.2 Å². The van der Waals surface area contributed by atoms with Crippen LogP contribution in [0.25, 0.3) is 0 Å². The number of hydrogen-bond acceptors (Lipinski definition) is 2. The van der Waals surface area contributed by atoms with Crippen molar-refractivity contribution in [1.82, 2.24) is 5.32 Å². The third-order valence-electron chi connectivity index (χ3n) is 4.07. The molecule has 1 aromatic carbocycles. The standard InChI is InChI=1S/C16H25NO/c1-11-4-9-16(12(2)10-11)13(3)17-14-5-7-15(18)8-6-14/h4,9-10,13-15,17-18H,5-8H2,1-3H3. The first-order chi connectivity index (χ1) is 8.56. The van der Waals surface area contributed by atoms with Crippen molar-refractivity contribution in [3.63, 3.8) is 0 Å². The minimum Gasteiger partial charge on any atom is -0.393 e. The Balaban J connectivity index is 1.97. The third-order valence-corrected chi connectivity index (χ3v) is 4.07. The first-order valence-electron chi connectivity index (χ1n) is 7.07. The van der Waals surface area contributed by atoms with E-state index in [0.29, 0.717) is 12.1 Å². The van der Waals surface area contributed by atoms with Gasteiger partial charge in [0, 0.05) is 12.1 Å². The molecule has 0 heterocycles. The molecule has 1 fully saturated rings. The number of aryl methyl sites for hydroxylation is 2. The summed E-state index contributed by atoms with van der Waals surface area (Å²) in [6, 6.07) is 7.62. The van der Waals surface area contributed by atoms with Crippen molar-refractivity contribution in [2.24, 2.45) is 0 Å². The SMILES string of the molecule is Cc1ccc(C(C)NC2CCC(O)CC2)c(C)c1. The minimum atomic E-state index is -0.0699. The summed E-state index contributed by atoms with van der Waals surface area (Å²) in [5.74, 6) is 0. The van der Waals surface area contributed by atoms with Crippen LogP contribution in [0.1, 0.15) is 55.3 Å².